The first-order chi connectivity index (χ1) is 11.5. The van der Waals surface area contributed by atoms with Crippen LogP contribution < -0.4 is 5.73 Å². The summed E-state index contributed by atoms with van der Waals surface area (Å²) in [5.41, 5.74) is 9.45. The average molecular weight is 326 g/mol. The number of aryl methyl sites for hydroxylation is 1. The average Bonchev–Trinajstić information content (AvgIpc) is 3.24. The van der Waals surface area contributed by atoms with Gasteiger partial charge in [0.15, 0.2) is 5.65 Å². The molecule has 0 bridgehead atoms. The van der Waals surface area contributed by atoms with Crippen molar-refractivity contribution in [3.05, 3.63) is 30.4 Å². The molecule has 24 heavy (non-hydrogen) atoms. The number of hydrogen-bond donors (Lipinski definition) is 2. The molecule has 0 saturated heterocycles. The molecule has 0 radical (unpaired) electrons. The van der Waals surface area contributed by atoms with Crippen LogP contribution in [0.3, 0.4) is 0 Å². The van der Waals surface area contributed by atoms with Crippen LogP contribution in [0.4, 0.5) is 5.82 Å². The van der Waals surface area contributed by atoms with Gasteiger partial charge in [0, 0.05) is 42.0 Å². The van der Waals surface area contributed by atoms with Gasteiger partial charge < -0.3 is 10.8 Å². The smallest absolute Gasteiger partial charge is 0.306 e. The number of fused-ring (bicyclic) bond motifs is 1. The second-order valence-electron chi connectivity index (χ2n) is 6.35. The molecule has 0 aliphatic heterocycles. The molecule has 8 heteroatoms. The third-order valence-electron chi connectivity index (χ3n) is 4.74. The lowest BCUT2D eigenvalue weighted by atomic mass is 10.0. The summed E-state index contributed by atoms with van der Waals surface area (Å²) in [6.45, 7) is 0. The van der Waals surface area contributed by atoms with E-state index in [1.165, 1.54) is 0 Å². The van der Waals surface area contributed by atoms with Crippen molar-refractivity contribution in [1.82, 2.24) is 24.4 Å². The second-order valence-corrected chi connectivity index (χ2v) is 6.35. The summed E-state index contributed by atoms with van der Waals surface area (Å²) in [6, 6.07) is 1.81. The molecule has 0 amide bonds. The molecule has 2 atom stereocenters. The molecular formula is C16H18N6O2. The van der Waals surface area contributed by atoms with E-state index in [0.717, 1.165) is 23.2 Å². The van der Waals surface area contributed by atoms with E-state index in [9.17, 15) is 9.90 Å². The number of hydrogen-bond acceptors (Lipinski definition) is 5. The first kappa shape index (κ1) is 14.7. The number of anilines is 1. The molecule has 1 aliphatic rings. The van der Waals surface area contributed by atoms with E-state index in [0.29, 0.717) is 24.3 Å². The highest BCUT2D eigenvalue weighted by Crippen LogP contribution is 2.38. The van der Waals surface area contributed by atoms with E-state index in [4.69, 9.17) is 10.7 Å². The largest absolute Gasteiger partial charge is 0.481 e. The summed E-state index contributed by atoms with van der Waals surface area (Å²) < 4.78 is 3.33. The minimum absolute atomic E-state index is 0.120. The number of aromatic nitrogens is 5. The molecule has 0 spiro atoms. The maximum Gasteiger partial charge on any atom is 0.306 e. The molecule has 3 heterocycles. The molecule has 3 aromatic heterocycles. The molecule has 3 aromatic rings. The molecular weight excluding hydrogens is 308 g/mol. The van der Waals surface area contributed by atoms with Crippen molar-refractivity contribution < 1.29 is 9.90 Å². The molecule has 1 fully saturated rings. The van der Waals surface area contributed by atoms with Crippen LogP contribution in [0, 0.1) is 5.92 Å². The molecule has 3 N–H and O–H groups in total. The number of carboxylic acids is 1. The lowest BCUT2D eigenvalue weighted by Gasteiger charge is -2.11. The summed E-state index contributed by atoms with van der Waals surface area (Å²) in [5.74, 6) is -0.400. The number of nitrogen functional groups attached to an aromatic ring is 1. The van der Waals surface area contributed by atoms with Crippen molar-refractivity contribution in [3.8, 4) is 11.1 Å². The van der Waals surface area contributed by atoms with Crippen molar-refractivity contribution in [2.75, 3.05) is 5.73 Å². The first-order valence-electron chi connectivity index (χ1n) is 7.89. The lowest BCUT2D eigenvalue weighted by Crippen LogP contribution is -2.10. The van der Waals surface area contributed by atoms with Crippen molar-refractivity contribution >= 4 is 17.4 Å². The predicted molar refractivity (Wildman–Crippen MR) is 87.3 cm³/mol. The van der Waals surface area contributed by atoms with E-state index in [1.54, 1.807) is 21.6 Å². The van der Waals surface area contributed by atoms with Crippen LogP contribution in [-0.2, 0) is 11.8 Å². The van der Waals surface area contributed by atoms with Gasteiger partial charge in [0.1, 0.15) is 5.82 Å². The zero-order valence-corrected chi connectivity index (χ0v) is 13.3. The fraction of sp³-hybridized carbons (Fsp3) is 0.375. The fourth-order valence-electron chi connectivity index (χ4n) is 3.45. The van der Waals surface area contributed by atoms with Gasteiger partial charge >= 0.3 is 5.97 Å². The Bertz CT molecular complexity index is 928. The summed E-state index contributed by atoms with van der Waals surface area (Å²) in [5, 5.41) is 17.7. The Morgan fingerprint density at radius 2 is 2.17 bits per heavy atom. The Hall–Kier alpha value is -2.90. The molecule has 1 aliphatic carbocycles. The van der Waals surface area contributed by atoms with Crippen LogP contribution >= 0.6 is 0 Å². The molecule has 4 rings (SSSR count). The van der Waals surface area contributed by atoms with Crippen LogP contribution in [0.2, 0.25) is 0 Å². The van der Waals surface area contributed by atoms with Crippen LogP contribution in [0.5, 0.6) is 0 Å². The summed E-state index contributed by atoms with van der Waals surface area (Å²) in [6.07, 6.45) is 7.50. The van der Waals surface area contributed by atoms with E-state index >= 15 is 0 Å². The molecule has 124 valence electrons. The molecule has 1 saturated carbocycles. The Kier molecular flexibility index (Phi) is 3.26. The van der Waals surface area contributed by atoms with E-state index in [-0.39, 0.29) is 11.8 Å². The SMILES string of the molecule is Cn1cc(-c2cnn3c(N)cc(C4CCC(C(=O)O)C4)nc23)cn1. The second kappa shape index (κ2) is 5.33. The third-order valence-corrected chi connectivity index (χ3v) is 4.74. The van der Waals surface area contributed by atoms with E-state index in [2.05, 4.69) is 10.2 Å². The number of rotatable bonds is 3. The minimum Gasteiger partial charge on any atom is -0.481 e. The third kappa shape index (κ3) is 2.31. The topological polar surface area (TPSA) is 111 Å². The van der Waals surface area contributed by atoms with Crippen molar-refractivity contribution in [1.29, 1.82) is 0 Å². The van der Waals surface area contributed by atoms with Crippen molar-refractivity contribution in [2.24, 2.45) is 13.0 Å². The van der Waals surface area contributed by atoms with Gasteiger partial charge in [-0.15, -0.1) is 0 Å². The van der Waals surface area contributed by atoms with Gasteiger partial charge in [-0.3, -0.25) is 9.48 Å². The van der Waals surface area contributed by atoms with Crippen molar-refractivity contribution in [2.45, 2.75) is 25.2 Å². The van der Waals surface area contributed by atoms with Crippen LogP contribution in [0.25, 0.3) is 16.8 Å². The number of aliphatic carboxylic acids is 1. The summed E-state index contributed by atoms with van der Waals surface area (Å²) in [7, 11) is 1.85. The lowest BCUT2D eigenvalue weighted by molar-refractivity contribution is -0.141. The Morgan fingerprint density at radius 3 is 2.83 bits per heavy atom. The van der Waals surface area contributed by atoms with Crippen molar-refractivity contribution in [3.63, 3.8) is 0 Å². The normalized spacial score (nSPS) is 20.7. The number of carboxylic acid groups (broad SMARTS) is 1. The fourth-order valence-corrected chi connectivity index (χ4v) is 3.45. The van der Waals surface area contributed by atoms with Gasteiger partial charge in [-0.25, -0.2) is 4.98 Å². The number of carbonyl (C=O) groups is 1. The van der Waals surface area contributed by atoms with Gasteiger partial charge in [-0.05, 0) is 19.3 Å². The first-order valence-corrected chi connectivity index (χ1v) is 7.89. The number of nitrogens with zero attached hydrogens (tertiary/aromatic N) is 5. The predicted octanol–water partition coefficient (Wildman–Crippen LogP) is 1.68. The number of nitrogens with two attached hydrogens (primary N) is 1. The van der Waals surface area contributed by atoms with Gasteiger partial charge in [0.05, 0.1) is 18.3 Å². The monoisotopic (exact) mass is 326 g/mol. The maximum absolute atomic E-state index is 11.2. The molecule has 8 nitrogen and oxygen atoms in total. The van der Waals surface area contributed by atoms with Crippen LogP contribution in [0.1, 0.15) is 30.9 Å². The zero-order valence-electron chi connectivity index (χ0n) is 13.3. The minimum atomic E-state index is -0.730. The van der Waals surface area contributed by atoms with Gasteiger partial charge in [0.25, 0.3) is 0 Å². The summed E-state index contributed by atoms with van der Waals surface area (Å²) >= 11 is 0. The standard InChI is InChI=1S/C16H18N6O2/c1-21-8-11(6-18-21)12-7-19-22-14(17)5-13(20-15(12)22)9-2-3-10(4-9)16(23)24/h5-10H,2-4,17H2,1H3,(H,23,24). The van der Waals surface area contributed by atoms with Gasteiger partial charge in [-0.2, -0.15) is 14.7 Å². The Labute approximate surface area is 137 Å². The van der Waals surface area contributed by atoms with Gasteiger partial charge in [-0.1, -0.05) is 0 Å². The van der Waals surface area contributed by atoms with E-state index < -0.39 is 5.97 Å². The maximum atomic E-state index is 11.2. The summed E-state index contributed by atoms with van der Waals surface area (Å²) in [4.78, 5) is 15.9. The van der Waals surface area contributed by atoms with Crippen LogP contribution in [0.15, 0.2) is 24.7 Å². The molecule has 0 aromatic carbocycles. The van der Waals surface area contributed by atoms with Crippen LogP contribution in [-0.4, -0.2) is 35.5 Å². The zero-order chi connectivity index (χ0) is 16.8. The highest BCUT2D eigenvalue weighted by atomic mass is 16.4. The highest BCUT2D eigenvalue weighted by molar-refractivity contribution is 5.77. The highest BCUT2D eigenvalue weighted by Gasteiger charge is 2.32. The van der Waals surface area contributed by atoms with E-state index in [1.807, 2.05) is 19.3 Å². The Balaban J connectivity index is 1.77. The quantitative estimate of drug-likeness (QED) is 0.757. The molecule has 2 unspecified atom stereocenters. The van der Waals surface area contributed by atoms with Gasteiger partial charge in [0.2, 0.25) is 0 Å². The Morgan fingerprint density at radius 1 is 1.33 bits per heavy atom.